The van der Waals surface area contributed by atoms with Gasteiger partial charge in [-0.3, -0.25) is 9.59 Å². The molecule has 3 unspecified atom stereocenters. The summed E-state index contributed by atoms with van der Waals surface area (Å²) in [5, 5.41) is 13.9. The number of benzene rings is 2. The van der Waals surface area contributed by atoms with Gasteiger partial charge in [0.2, 0.25) is 0 Å². The first kappa shape index (κ1) is 25.3. The molecular weight excluding hydrogens is 458 g/mol. The smallest absolute Gasteiger partial charge is 0.310 e. The number of nitrogens with one attached hydrogen (secondary N) is 1. The second-order valence-electron chi connectivity index (χ2n) is 11.0. The molecule has 188 valence electrons. The Hall–Kier alpha value is -2.80. The topological polar surface area (TPSA) is 84.9 Å². The second-order valence-corrected chi connectivity index (χ2v) is 16.6. The van der Waals surface area contributed by atoms with Crippen LogP contribution in [0.2, 0.25) is 25.7 Å². The van der Waals surface area contributed by atoms with Gasteiger partial charge in [-0.05, 0) is 54.3 Å². The highest BCUT2D eigenvalue weighted by molar-refractivity contribution is 6.76. The van der Waals surface area contributed by atoms with Gasteiger partial charge in [0.05, 0.1) is 25.0 Å². The molecule has 0 radical (unpaired) electrons. The molecule has 0 aromatic heterocycles. The molecule has 2 aromatic carbocycles. The number of rotatable bonds is 9. The van der Waals surface area contributed by atoms with E-state index < -0.39 is 19.9 Å². The van der Waals surface area contributed by atoms with E-state index in [9.17, 15) is 14.7 Å². The Bertz CT molecular complexity index is 1050. The van der Waals surface area contributed by atoms with Crippen LogP contribution in [0.15, 0.2) is 48.5 Å². The molecule has 2 aromatic rings. The van der Waals surface area contributed by atoms with Crippen molar-refractivity contribution in [1.82, 2.24) is 0 Å². The van der Waals surface area contributed by atoms with Crippen LogP contribution in [0.3, 0.4) is 0 Å². The SMILES string of the molecule is CCCOC(=O)C1C(C(=O)OCC[Si](C)(C)C)C2C[C@@H](Nc3ccccc3)[C@H]1c1cc(O)ccc12. The fourth-order valence-corrected chi connectivity index (χ4v) is 6.28. The Morgan fingerprint density at radius 1 is 0.971 bits per heavy atom. The predicted octanol–water partition coefficient (Wildman–Crippen LogP) is 5.52. The summed E-state index contributed by atoms with van der Waals surface area (Å²) in [7, 11) is -1.37. The summed E-state index contributed by atoms with van der Waals surface area (Å²) in [6.07, 6.45) is 1.41. The van der Waals surface area contributed by atoms with E-state index in [0.29, 0.717) is 26.1 Å². The third kappa shape index (κ3) is 5.55. The van der Waals surface area contributed by atoms with Crippen LogP contribution >= 0.6 is 0 Å². The van der Waals surface area contributed by atoms with Crippen molar-refractivity contribution in [2.24, 2.45) is 11.8 Å². The highest BCUT2D eigenvalue weighted by Crippen LogP contribution is 2.57. The first-order chi connectivity index (χ1) is 16.7. The minimum Gasteiger partial charge on any atom is -0.508 e. The van der Waals surface area contributed by atoms with Gasteiger partial charge in [-0.25, -0.2) is 0 Å². The van der Waals surface area contributed by atoms with Crippen LogP contribution in [-0.2, 0) is 19.1 Å². The number of hydrogen-bond acceptors (Lipinski definition) is 6. The van der Waals surface area contributed by atoms with Crippen molar-refractivity contribution in [3.8, 4) is 5.75 Å². The lowest BCUT2D eigenvalue weighted by Crippen LogP contribution is -2.54. The molecule has 0 amide bonds. The lowest BCUT2D eigenvalue weighted by molar-refractivity contribution is -0.166. The lowest BCUT2D eigenvalue weighted by Gasteiger charge is -2.51. The molecule has 6 nitrogen and oxygen atoms in total. The number of fused-ring (bicyclic) bond motifs is 2. The van der Waals surface area contributed by atoms with E-state index in [2.05, 4.69) is 25.0 Å². The number of carbonyl (C=O) groups is 2. The van der Waals surface area contributed by atoms with Crippen LogP contribution in [-0.4, -0.2) is 44.4 Å². The first-order valence-corrected chi connectivity index (χ1v) is 16.4. The van der Waals surface area contributed by atoms with Gasteiger partial charge in [-0.1, -0.05) is 50.8 Å². The van der Waals surface area contributed by atoms with Gasteiger partial charge in [0, 0.05) is 31.6 Å². The molecule has 7 heteroatoms. The molecule has 0 saturated heterocycles. The quantitative estimate of drug-likeness (QED) is 0.352. The van der Waals surface area contributed by atoms with Crippen molar-refractivity contribution in [2.75, 3.05) is 18.5 Å². The second kappa shape index (κ2) is 10.4. The summed E-state index contributed by atoms with van der Waals surface area (Å²) in [5.41, 5.74) is 2.89. The number of phenolic OH excluding ortho intramolecular Hbond substituents is 1. The van der Waals surface area contributed by atoms with E-state index in [1.807, 2.05) is 43.3 Å². The molecule has 2 bridgehead atoms. The number of aromatic hydroxyl groups is 1. The maximum atomic E-state index is 13.5. The molecule has 5 atom stereocenters. The zero-order valence-corrected chi connectivity index (χ0v) is 22.1. The normalized spacial score (nSPS) is 25.0. The van der Waals surface area contributed by atoms with Crippen LogP contribution in [0, 0.1) is 11.8 Å². The lowest BCUT2D eigenvalue weighted by atomic mass is 9.54. The van der Waals surface area contributed by atoms with Crippen LogP contribution < -0.4 is 5.32 Å². The zero-order chi connectivity index (χ0) is 25.2. The largest absolute Gasteiger partial charge is 0.508 e. The Labute approximate surface area is 209 Å². The first-order valence-electron chi connectivity index (χ1n) is 12.7. The molecule has 35 heavy (non-hydrogen) atoms. The average molecular weight is 496 g/mol. The zero-order valence-electron chi connectivity index (χ0n) is 21.1. The number of ether oxygens (including phenoxy) is 2. The Morgan fingerprint density at radius 3 is 2.34 bits per heavy atom. The molecule has 3 aliphatic carbocycles. The van der Waals surface area contributed by atoms with Gasteiger partial charge in [-0.15, -0.1) is 0 Å². The van der Waals surface area contributed by atoms with Crippen LogP contribution in [0.5, 0.6) is 5.75 Å². The number of esters is 2. The van der Waals surface area contributed by atoms with E-state index in [4.69, 9.17) is 9.47 Å². The summed E-state index contributed by atoms with van der Waals surface area (Å²) in [4.78, 5) is 27.0. The number of anilines is 1. The van der Waals surface area contributed by atoms with E-state index >= 15 is 0 Å². The van der Waals surface area contributed by atoms with E-state index in [1.165, 1.54) is 0 Å². The monoisotopic (exact) mass is 495 g/mol. The summed E-state index contributed by atoms with van der Waals surface area (Å²) in [6, 6.07) is 16.0. The highest BCUT2D eigenvalue weighted by Gasteiger charge is 2.58. The standard InChI is InChI=1S/C28H37NO5Si/c1-5-13-33-28(32)26-24-21-16-19(30)11-12-20(21)22(17-23(24)29-18-9-7-6-8-10-18)25(26)27(31)34-14-15-35(2,3)4/h6-12,16,22-26,29-30H,5,13-15,17H2,1-4H3/t22?,23-,24-,25?,26?/m1/s1. The molecule has 3 aliphatic rings. The fraction of sp³-hybridized carbons (Fsp3) is 0.500. The number of hydrogen-bond donors (Lipinski definition) is 2. The molecular formula is C28H37NO5Si. The number of para-hydroxylation sites is 1. The van der Waals surface area contributed by atoms with Crippen molar-refractivity contribution in [3.63, 3.8) is 0 Å². The minimum atomic E-state index is -1.37. The van der Waals surface area contributed by atoms with Crippen molar-refractivity contribution >= 4 is 25.7 Å². The molecule has 0 aliphatic heterocycles. The Kier molecular flexibility index (Phi) is 7.55. The van der Waals surface area contributed by atoms with E-state index in [0.717, 1.165) is 22.9 Å². The van der Waals surface area contributed by atoms with E-state index in [-0.39, 0.29) is 35.6 Å². The van der Waals surface area contributed by atoms with Crippen LogP contribution in [0.25, 0.3) is 0 Å². The highest BCUT2D eigenvalue weighted by atomic mass is 28.3. The van der Waals surface area contributed by atoms with Crippen molar-refractivity contribution in [3.05, 3.63) is 59.7 Å². The van der Waals surface area contributed by atoms with Crippen LogP contribution in [0.1, 0.15) is 42.7 Å². The minimum absolute atomic E-state index is 0.0816. The third-order valence-electron chi connectivity index (χ3n) is 7.19. The predicted molar refractivity (Wildman–Crippen MR) is 139 cm³/mol. The Morgan fingerprint density at radius 2 is 1.66 bits per heavy atom. The summed E-state index contributed by atoms with van der Waals surface area (Å²) in [5.74, 6) is -2.30. The molecule has 0 heterocycles. The van der Waals surface area contributed by atoms with E-state index in [1.54, 1.807) is 12.1 Å². The maximum Gasteiger partial charge on any atom is 0.310 e. The molecule has 1 fully saturated rings. The molecule has 5 rings (SSSR count). The van der Waals surface area contributed by atoms with Crippen molar-refractivity contribution in [2.45, 2.75) is 63.3 Å². The van der Waals surface area contributed by atoms with Crippen molar-refractivity contribution < 1.29 is 24.2 Å². The van der Waals surface area contributed by atoms with Gasteiger partial charge < -0.3 is 19.9 Å². The number of phenols is 1. The van der Waals surface area contributed by atoms with Crippen molar-refractivity contribution in [1.29, 1.82) is 0 Å². The fourth-order valence-electron chi connectivity index (χ4n) is 5.56. The molecule has 1 saturated carbocycles. The summed E-state index contributed by atoms with van der Waals surface area (Å²) in [6.45, 7) is 9.39. The average Bonchev–Trinajstić information content (AvgIpc) is 2.81. The van der Waals surface area contributed by atoms with Gasteiger partial charge in [0.15, 0.2) is 0 Å². The van der Waals surface area contributed by atoms with Gasteiger partial charge in [0.1, 0.15) is 5.75 Å². The van der Waals surface area contributed by atoms with Crippen LogP contribution in [0.4, 0.5) is 5.69 Å². The number of carbonyl (C=O) groups excluding carboxylic acids is 2. The Balaban J connectivity index is 1.71. The molecule has 0 spiro atoms. The summed E-state index contributed by atoms with van der Waals surface area (Å²) >= 11 is 0. The summed E-state index contributed by atoms with van der Waals surface area (Å²) < 4.78 is 11.4. The third-order valence-corrected chi connectivity index (χ3v) is 8.90. The van der Waals surface area contributed by atoms with Gasteiger partial charge in [-0.2, -0.15) is 0 Å². The molecule has 2 N–H and O–H groups in total. The maximum absolute atomic E-state index is 13.5. The van der Waals surface area contributed by atoms with Gasteiger partial charge in [0.25, 0.3) is 0 Å². The van der Waals surface area contributed by atoms with Gasteiger partial charge >= 0.3 is 11.9 Å².